The summed E-state index contributed by atoms with van der Waals surface area (Å²) in [5.41, 5.74) is 4.01. The van der Waals surface area contributed by atoms with Crippen molar-refractivity contribution in [2.45, 2.75) is 0 Å². The van der Waals surface area contributed by atoms with Gasteiger partial charge in [-0.3, -0.25) is 10.3 Å². The first-order valence-corrected chi connectivity index (χ1v) is 6.29. The minimum Gasteiger partial charge on any atom is -0.264 e. The van der Waals surface area contributed by atoms with Crippen molar-refractivity contribution >= 4 is 35.1 Å². The maximum absolute atomic E-state index is 6.17. The van der Waals surface area contributed by atoms with Crippen LogP contribution in [0, 0.1) is 12.3 Å². The van der Waals surface area contributed by atoms with Gasteiger partial charge >= 0.3 is 0 Å². The van der Waals surface area contributed by atoms with Crippen LogP contribution in [0.3, 0.4) is 0 Å². The van der Waals surface area contributed by atoms with Gasteiger partial charge in [0.1, 0.15) is 19.3 Å². The van der Waals surface area contributed by atoms with Gasteiger partial charge < -0.3 is 0 Å². The van der Waals surface area contributed by atoms with Crippen LogP contribution in [0.15, 0.2) is 30.9 Å². The van der Waals surface area contributed by atoms with E-state index in [0.29, 0.717) is 21.3 Å². The van der Waals surface area contributed by atoms with E-state index in [0.717, 1.165) is 0 Å². The predicted octanol–water partition coefficient (Wildman–Crippen LogP) is 2.69. The Morgan fingerprint density at radius 1 is 1.50 bits per heavy atom. The molecule has 0 aliphatic rings. The van der Waals surface area contributed by atoms with Crippen molar-refractivity contribution in [1.82, 2.24) is 20.2 Å². The zero-order chi connectivity index (χ0) is 14.4. The normalized spacial score (nSPS) is 11.2. The number of nitrogens with one attached hydrogen (secondary N) is 1. The van der Waals surface area contributed by atoms with Crippen LogP contribution in [-0.2, 0) is 4.84 Å². The number of terminal acetylenes is 1. The molecule has 0 bridgehead atoms. The monoisotopic (exact) mass is 308 g/mol. The summed E-state index contributed by atoms with van der Waals surface area (Å²) in [6.07, 6.45) is 9.75. The van der Waals surface area contributed by atoms with Gasteiger partial charge in [-0.15, -0.1) is 6.42 Å². The lowest BCUT2D eigenvalue weighted by atomic mass is 10.2. The minimum absolute atomic E-state index is 0.111. The fourth-order valence-corrected chi connectivity index (χ4v) is 1.94. The summed E-state index contributed by atoms with van der Waals surface area (Å²) in [6, 6.07) is 5.12. The fourth-order valence-electron chi connectivity index (χ4n) is 1.43. The molecule has 2 aromatic rings. The maximum Gasteiger partial charge on any atom is 0.138 e. The molecule has 1 aromatic heterocycles. The van der Waals surface area contributed by atoms with E-state index in [1.54, 1.807) is 24.4 Å². The third kappa shape index (κ3) is 3.75. The van der Waals surface area contributed by atoms with Crippen LogP contribution in [0.25, 0.3) is 11.9 Å². The lowest BCUT2D eigenvalue weighted by molar-refractivity contribution is 0.108. The van der Waals surface area contributed by atoms with Crippen molar-refractivity contribution in [1.29, 1.82) is 0 Å². The highest BCUT2D eigenvalue weighted by Crippen LogP contribution is 2.26. The van der Waals surface area contributed by atoms with E-state index < -0.39 is 0 Å². The highest BCUT2D eigenvalue weighted by molar-refractivity contribution is 6.35. The van der Waals surface area contributed by atoms with E-state index in [4.69, 9.17) is 34.5 Å². The molecule has 1 aromatic carbocycles. The number of rotatable bonds is 5. The second-order valence-corrected chi connectivity index (χ2v) is 4.48. The first-order valence-electron chi connectivity index (χ1n) is 5.53. The van der Waals surface area contributed by atoms with Crippen molar-refractivity contribution in [3.05, 3.63) is 46.5 Å². The summed E-state index contributed by atoms with van der Waals surface area (Å²) < 4.78 is 1.51. The van der Waals surface area contributed by atoms with Crippen molar-refractivity contribution in [2.24, 2.45) is 0 Å². The van der Waals surface area contributed by atoms with Crippen LogP contribution < -0.4 is 5.48 Å². The molecule has 7 heteroatoms. The molecule has 1 heterocycles. The highest BCUT2D eigenvalue weighted by Gasteiger charge is 2.08. The van der Waals surface area contributed by atoms with E-state index >= 15 is 0 Å². The first-order chi connectivity index (χ1) is 9.70. The quantitative estimate of drug-likeness (QED) is 0.524. The predicted molar refractivity (Wildman–Crippen MR) is 78.6 cm³/mol. The maximum atomic E-state index is 6.17. The van der Waals surface area contributed by atoms with Gasteiger partial charge in [0.05, 0.1) is 16.9 Å². The average Bonchev–Trinajstić information content (AvgIpc) is 2.91. The van der Waals surface area contributed by atoms with Crippen LogP contribution in [0.1, 0.15) is 5.56 Å². The Morgan fingerprint density at radius 2 is 2.35 bits per heavy atom. The Labute approximate surface area is 126 Å². The zero-order valence-electron chi connectivity index (χ0n) is 10.3. The number of hydrogen-bond donors (Lipinski definition) is 1. The summed E-state index contributed by atoms with van der Waals surface area (Å²) >= 11 is 12.1. The fraction of sp³-hybridized carbons (Fsp3) is 0.0769. The molecule has 0 radical (unpaired) electrons. The Hall–Kier alpha value is -2.00. The van der Waals surface area contributed by atoms with Gasteiger partial charge in [0.15, 0.2) is 0 Å². The molecule has 0 aliphatic heterocycles. The molecule has 0 saturated heterocycles. The molecule has 0 aliphatic carbocycles. The third-order valence-corrected chi connectivity index (χ3v) is 2.80. The van der Waals surface area contributed by atoms with Gasteiger partial charge in [0, 0.05) is 10.6 Å². The molecule has 0 amide bonds. The molecule has 102 valence electrons. The number of halogens is 2. The Balaban J connectivity index is 2.33. The van der Waals surface area contributed by atoms with Crippen LogP contribution in [-0.4, -0.2) is 21.4 Å². The Bertz CT molecular complexity index is 647. The summed E-state index contributed by atoms with van der Waals surface area (Å²) in [7, 11) is 0. The molecule has 0 fully saturated rings. The van der Waals surface area contributed by atoms with Gasteiger partial charge in [-0.1, -0.05) is 29.1 Å². The van der Waals surface area contributed by atoms with Gasteiger partial charge in [0.25, 0.3) is 0 Å². The van der Waals surface area contributed by atoms with Crippen molar-refractivity contribution < 1.29 is 4.84 Å². The van der Waals surface area contributed by atoms with Crippen LogP contribution >= 0.6 is 23.2 Å². The molecule has 5 nitrogen and oxygen atoms in total. The van der Waals surface area contributed by atoms with Crippen LogP contribution in [0.4, 0.5) is 0 Å². The molecule has 1 N–H and O–H groups in total. The largest absolute Gasteiger partial charge is 0.264 e. The van der Waals surface area contributed by atoms with Crippen molar-refractivity contribution in [2.75, 3.05) is 6.61 Å². The molecule has 0 atom stereocenters. The smallest absolute Gasteiger partial charge is 0.138 e. The van der Waals surface area contributed by atoms with Crippen molar-refractivity contribution in [3.63, 3.8) is 0 Å². The van der Waals surface area contributed by atoms with Crippen molar-refractivity contribution in [3.8, 4) is 12.3 Å². The molecule has 0 unspecified atom stereocenters. The zero-order valence-corrected chi connectivity index (χ0v) is 11.8. The second-order valence-electron chi connectivity index (χ2n) is 3.64. The van der Waals surface area contributed by atoms with Gasteiger partial charge in [-0.2, -0.15) is 5.10 Å². The van der Waals surface area contributed by atoms with E-state index in [2.05, 4.69) is 21.5 Å². The number of hydrogen-bond acceptors (Lipinski definition) is 4. The second kappa shape index (κ2) is 6.96. The van der Waals surface area contributed by atoms with Crippen LogP contribution in [0.2, 0.25) is 10.0 Å². The number of nitrogens with zero attached hydrogens (tertiary/aromatic N) is 3. The molecular formula is C13H10Cl2N4O. The lowest BCUT2D eigenvalue weighted by Crippen LogP contribution is -2.14. The molecule has 0 spiro atoms. The summed E-state index contributed by atoms with van der Waals surface area (Å²) in [4.78, 5) is 8.98. The Morgan fingerprint density at radius 3 is 3.00 bits per heavy atom. The average molecular weight is 309 g/mol. The molecule has 0 saturated carbocycles. The SMILES string of the molecule is C#CCONC(=Cn1cncn1)c1ccc(Cl)cc1Cl. The number of hydroxylamine groups is 1. The number of aromatic nitrogens is 3. The molecule has 20 heavy (non-hydrogen) atoms. The van der Waals surface area contributed by atoms with E-state index in [9.17, 15) is 0 Å². The molecular weight excluding hydrogens is 299 g/mol. The lowest BCUT2D eigenvalue weighted by Gasteiger charge is -2.11. The highest BCUT2D eigenvalue weighted by atomic mass is 35.5. The van der Waals surface area contributed by atoms with Gasteiger partial charge in [0.2, 0.25) is 0 Å². The Kier molecular flexibility index (Phi) is 5.02. The van der Waals surface area contributed by atoms with Gasteiger partial charge in [-0.25, -0.2) is 9.67 Å². The van der Waals surface area contributed by atoms with E-state index in [1.165, 1.54) is 17.3 Å². The summed E-state index contributed by atoms with van der Waals surface area (Å²) in [5.74, 6) is 2.36. The van der Waals surface area contributed by atoms with Crippen LogP contribution in [0.5, 0.6) is 0 Å². The summed E-state index contributed by atoms with van der Waals surface area (Å²) in [6.45, 7) is 0.111. The van der Waals surface area contributed by atoms with E-state index in [1.807, 2.05) is 0 Å². The van der Waals surface area contributed by atoms with Gasteiger partial charge in [-0.05, 0) is 18.2 Å². The molecule has 2 rings (SSSR count). The topological polar surface area (TPSA) is 52.0 Å². The minimum atomic E-state index is 0.111. The standard InChI is InChI=1S/C13H10Cl2N4O/c1-2-5-20-18-13(7-19-9-16-8-17-19)11-4-3-10(14)6-12(11)15/h1,3-4,6-9,18H,5H2. The summed E-state index contributed by atoms with van der Waals surface area (Å²) in [5, 5.41) is 5.00. The third-order valence-electron chi connectivity index (χ3n) is 2.26. The first kappa shape index (κ1) is 14.4. The number of benzene rings is 1. The van der Waals surface area contributed by atoms with E-state index in [-0.39, 0.29) is 6.61 Å².